The molecule has 7 nitrogen and oxygen atoms in total. The molecule has 4 rings (SSSR count). The molecule has 0 bridgehead atoms. The summed E-state index contributed by atoms with van der Waals surface area (Å²) < 4.78 is 25.1. The maximum atomic E-state index is 13.1. The average molecular weight is 399 g/mol. The van der Waals surface area contributed by atoms with Crippen LogP contribution in [0.5, 0.6) is 0 Å². The number of amides is 1. The van der Waals surface area contributed by atoms with Gasteiger partial charge >= 0.3 is 0 Å². The van der Waals surface area contributed by atoms with Crippen LogP contribution >= 0.6 is 0 Å². The highest BCUT2D eigenvalue weighted by molar-refractivity contribution is 7.88. The Labute approximate surface area is 163 Å². The molecular formula is C19H34N4O3S. The molecule has 0 saturated carbocycles. The summed E-state index contributed by atoms with van der Waals surface area (Å²) in [5.41, 5.74) is 3.48. The van der Waals surface area contributed by atoms with Crippen LogP contribution in [-0.2, 0) is 14.8 Å². The van der Waals surface area contributed by atoms with E-state index in [0.29, 0.717) is 36.9 Å². The van der Waals surface area contributed by atoms with Gasteiger partial charge in [-0.05, 0) is 56.8 Å². The first kappa shape index (κ1) is 19.6. The van der Waals surface area contributed by atoms with Crippen LogP contribution in [0, 0.1) is 17.8 Å². The van der Waals surface area contributed by atoms with Gasteiger partial charge in [-0.3, -0.25) is 10.2 Å². The van der Waals surface area contributed by atoms with Crippen LogP contribution < -0.4 is 5.43 Å². The molecule has 0 aromatic rings. The Morgan fingerprint density at radius 3 is 2.26 bits per heavy atom. The number of carbonyl (C=O) groups excluding carboxylic acids is 1. The molecular weight excluding hydrogens is 364 g/mol. The summed E-state index contributed by atoms with van der Waals surface area (Å²) in [6.07, 6.45) is 8.98. The van der Waals surface area contributed by atoms with E-state index in [1.807, 2.05) is 0 Å². The third-order valence-electron chi connectivity index (χ3n) is 7.28. The van der Waals surface area contributed by atoms with E-state index in [1.165, 1.54) is 12.7 Å². The molecule has 4 aliphatic rings. The van der Waals surface area contributed by atoms with Gasteiger partial charge in [0.1, 0.15) is 0 Å². The van der Waals surface area contributed by atoms with Crippen LogP contribution in [0.1, 0.15) is 44.9 Å². The summed E-state index contributed by atoms with van der Waals surface area (Å²) in [6.45, 7) is 4.95. The number of carbonyl (C=O) groups is 1. The molecule has 1 N–H and O–H groups in total. The van der Waals surface area contributed by atoms with Gasteiger partial charge in [-0.1, -0.05) is 0 Å². The first-order valence-corrected chi connectivity index (χ1v) is 12.5. The number of sulfonamides is 1. The lowest BCUT2D eigenvalue weighted by atomic mass is 9.75. The van der Waals surface area contributed by atoms with Crippen LogP contribution in [0.15, 0.2) is 0 Å². The first-order chi connectivity index (χ1) is 12.9. The summed E-state index contributed by atoms with van der Waals surface area (Å²) >= 11 is 0. The molecule has 27 heavy (non-hydrogen) atoms. The molecule has 0 radical (unpaired) electrons. The van der Waals surface area contributed by atoms with E-state index < -0.39 is 10.0 Å². The largest absolute Gasteiger partial charge is 0.342 e. The van der Waals surface area contributed by atoms with Gasteiger partial charge in [-0.2, -0.15) is 0 Å². The summed E-state index contributed by atoms with van der Waals surface area (Å²) in [5.74, 6) is 1.64. The Morgan fingerprint density at radius 1 is 0.926 bits per heavy atom. The molecule has 4 heterocycles. The zero-order valence-corrected chi connectivity index (χ0v) is 17.3. The van der Waals surface area contributed by atoms with E-state index >= 15 is 0 Å². The second kappa shape index (κ2) is 7.97. The highest BCUT2D eigenvalue weighted by Gasteiger charge is 2.45. The van der Waals surface area contributed by atoms with Crippen molar-refractivity contribution in [2.75, 3.05) is 45.5 Å². The minimum Gasteiger partial charge on any atom is -0.342 e. The minimum absolute atomic E-state index is 0.0852. The van der Waals surface area contributed by atoms with Crippen LogP contribution in [0.25, 0.3) is 0 Å². The van der Waals surface area contributed by atoms with E-state index in [2.05, 4.69) is 15.3 Å². The molecule has 1 amide bonds. The summed E-state index contributed by atoms with van der Waals surface area (Å²) in [4.78, 5) is 15.2. The van der Waals surface area contributed by atoms with Gasteiger partial charge in [0, 0.05) is 45.3 Å². The van der Waals surface area contributed by atoms with Gasteiger partial charge in [0.2, 0.25) is 15.9 Å². The fourth-order valence-electron chi connectivity index (χ4n) is 5.66. The number of hydrogen-bond donors (Lipinski definition) is 1. The van der Waals surface area contributed by atoms with Gasteiger partial charge in [0.25, 0.3) is 0 Å². The SMILES string of the molecule is CS(=O)(=O)N1CCC(C2CCN3NCC(C(=O)N4CCCCC4)C3C2)CC1. The third kappa shape index (κ3) is 4.18. The Kier molecular flexibility index (Phi) is 5.79. The zero-order chi connectivity index (χ0) is 19.0. The van der Waals surface area contributed by atoms with Crippen molar-refractivity contribution in [2.45, 2.75) is 51.0 Å². The molecule has 0 aromatic heterocycles. The Balaban J connectivity index is 1.36. The fourth-order valence-corrected chi connectivity index (χ4v) is 6.54. The van der Waals surface area contributed by atoms with Gasteiger partial charge in [0.15, 0.2) is 0 Å². The molecule has 3 unspecified atom stereocenters. The van der Waals surface area contributed by atoms with Crippen molar-refractivity contribution in [3.05, 3.63) is 0 Å². The third-order valence-corrected chi connectivity index (χ3v) is 8.59. The highest BCUT2D eigenvalue weighted by Crippen LogP contribution is 2.38. The Bertz CT molecular complexity index is 641. The number of nitrogens with zero attached hydrogens (tertiary/aromatic N) is 3. The van der Waals surface area contributed by atoms with E-state index in [0.717, 1.165) is 64.7 Å². The molecule has 8 heteroatoms. The van der Waals surface area contributed by atoms with Crippen LogP contribution in [-0.4, -0.2) is 80.1 Å². The van der Waals surface area contributed by atoms with Gasteiger partial charge in [0.05, 0.1) is 12.2 Å². The predicted molar refractivity (Wildman–Crippen MR) is 104 cm³/mol. The number of hydrogen-bond acceptors (Lipinski definition) is 5. The number of rotatable bonds is 3. The molecule has 0 aromatic carbocycles. The maximum Gasteiger partial charge on any atom is 0.228 e. The topological polar surface area (TPSA) is 73.0 Å². The minimum atomic E-state index is -3.06. The molecule has 0 spiro atoms. The lowest BCUT2D eigenvalue weighted by Gasteiger charge is -2.42. The van der Waals surface area contributed by atoms with Crippen LogP contribution in [0.4, 0.5) is 0 Å². The monoisotopic (exact) mass is 398 g/mol. The quantitative estimate of drug-likeness (QED) is 0.764. The average Bonchev–Trinajstić information content (AvgIpc) is 3.10. The van der Waals surface area contributed by atoms with Crippen molar-refractivity contribution in [3.8, 4) is 0 Å². The van der Waals surface area contributed by atoms with E-state index in [1.54, 1.807) is 4.31 Å². The lowest BCUT2D eigenvalue weighted by molar-refractivity contribution is -0.137. The smallest absolute Gasteiger partial charge is 0.228 e. The van der Waals surface area contributed by atoms with E-state index in [4.69, 9.17) is 0 Å². The molecule has 3 atom stereocenters. The second-order valence-electron chi connectivity index (χ2n) is 8.90. The normalized spacial score (nSPS) is 34.6. The molecule has 0 aliphatic carbocycles. The number of piperidine rings is 3. The number of likely N-dealkylation sites (tertiary alicyclic amines) is 1. The Hall–Kier alpha value is -0.700. The van der Waals surface area contributed by atoms with Crippen LogP contribution in [0.3, 0.4) is 0 Å². The predicted octanol–water partition coefficient (Wildman–Crippen LogP) is 0.886. The standard InChI is InChI=1S/C19H34N4O3S/c1-27(25,26)22-10-5-15(6-11-22)16-7-12-23-18(13-16)17(14-20-23)19(24)21-8-3-2-4-9-21/h15-18,20H,2-14H2,1H3. The molecule has 154 valence electrons. The fraction of sp³-hybridized carbons (Fsp3) is 0.947. The summed E-state index contributed by atoms with van der Waals surface area (Å²) in [7, 11) is -3.06. The van der Waals surface area contributed by atoms with Crippen molar-refractivity contribution < 1.29 is 13.2 Å². The van der Waals surface area contributed by atoms with Gasteiger partial charge in [-0.15, -0.1) is 0 Å². The van der Waals surface area contributed by atoms with Crippen molar-refractivity contribution >= 4 is 15.9 Å². The number of hydrazine groups is 1. The Morgan fingerprint density at radius 2 is 1.59 bits per heavy atom. The maximum absolute atomic E-state index is 13.1. The second-order valence-corrected chi connectivity index (χ2v) is 10.9. The van der Waals surface area contributed by atoms with Crippen molar-refractivity contribution in [1.82, 2.24) is 19.6 Å². The van der Waals surface area contributed by atoms with Gasteiger partial charge < -0.3 is 4.90 Å². The number of nitrogens with one attached hydrogen (secondary N) is 1. The van der Waals surface area contributed by atoms with Crippen LogP contribution in [0.2, 0.25) is 0 Å². The zero-order valence-electron chi connectivity index (χ0n) is 16.5. The first-order valence-electron chi connectivity index (χ1n) is 10.7. The van der Waals surface area contributed by atoms with E-state index in [-0.39, 0.29) is 5.92 Å². The highest BCUT2D eigenvalue weighted by atomic mass is 32.2. The van der Waals surface area contributed by atoms with E-state index in [9.17, 15) is 13.2 Å². The van der Waals surface area contributed by atoms with Gasteiger partial charge in [-0.25, -0.2) is 17.7 Å². The van der Waals surface area contributed by atoms with Crippen molar-refractivity contribution in [1.29, 1.82) is 0 Å². The molecule has 4 fully saturated rings. The molecule has 4 saturated heterocycles. The summed E-state index contributed by atoms with van der Waals surface area (Å²) in [5, 5.41) is 2.31. The molecule has 4 aliphatic heterocycles. The summed E-state index contributed by atoms with van der Waals surface area (Å²) in [6, 6.07) is 0.311. The lowest BCUT2D eigenvalue weighted by Crippen LogP contribution is -2.50. The van der Waals surface area contributed by atoms with Crippen molar-refractivity contribution in [3.63, 3.8) is 0 Å². The van der Waals surface area contributed by atoms with Crippen molar-refractivity contribution in [2.24, 2.45) is 17.8 Å². The number of fused-ring (bicyclic) bond motifs is 1.